The lowest BCUT2D eigenvalue weighted by Gasteiger charge is -2.33. The molecule has 2 amide bonds. The molecule has 1 N–H and O–H groups in total. The van der Waals surface area contributed by atoms with Crippen molar-refractivity contribution < 1.29 is 19.1 Å². The molecule has 1 spiro atoms. The molecule has 100 valence electrons. The molecule has 2 aliphatic rings. The second kappa shape index (κ2) is 4.63. The molecule has 0 bridgehead atoms. The first-order valence-electron chi connectivity index (χ1n) is 5.93. The third-order valence-corrected chi connectivity index (χ3v) is 4.30. The fourth-order valence-electron chi connectivity index (χ4n) is 2.07. The van der Waals surface area contributed by atoms with Crippen molar-refractivity contribution in [2.45, 2.75) is 18.0 Å². The van der Waals surface area contributed by atoms with Gasteiger partial charge in [0.25, 0.3) is 5.24 Å². The Morgan fingerprint density at radius 2 is 1.84 bits per heavy atom. The van der Waals surface area contributed by atoms with E-state index in [1.165, 1.54) is 0 Å². The third-order valence-electron chi connectivity index (χ3n) is 3.20. The van der Waals surface area contributed by atoms with E-state index in [9.17, 15) is 9.59 Å². The Kier molecular flexibility index (Phi) is 3.08. The number of carbonyl (C=O) groups excluding carboxylic acids is 2. The van der Waals surface area contributed by atoms with Crippen LogP contribution in [0.1, 0.15) is 17.4 Å². The molecule has 0 unspecified atom stereocenters. The van der Waals surface area contributed by atoms with E-state index in [1.54, 1.807) is 0 Å². The number of hydrogen-bond acceptors (Lipinski definition) is 5. The Labute approximate surface area is 114 Å². The van der Waals surface area contributed by atoms with Crippen LogP contribution in [0.4, 0.5) is 4.79 Å². The van der Waals surface area contributed by atoms with Crippen molar-refractivity contribution in [2.75, 3.05) is 13.2 Å². The maximum atomic E-state index is 11.7. The average Bonchev–Trinajstić information content (AvgIpc) is 2.66. The smallest absolute Gasteiger partial charge is 0.286 e. The summed E-state index contributed by atoms with van der Waals surface area (Å²) >= 11 is 0.947. The number of aryl methyl sites for hydroxylation is 1. The van der Waals surface area contributed by atoms with Crippen molar-refractivity contribution in [2.24, 2.45) is 0 Å². The van der Waals surface area contributed by atoms with Crippen molar-refractivity contribution in [1.29, 1.82) is 0 Å². The normalized spacial score (nSPS) is 30.7. The summed E-state index contributed by atoms with van der Waals surface area (Å²) in [7, 11) is 0. The Bertz CT molecular complexity index is 520. The Hall–Kier alpha value is -1.37. The molecule has 6 heteroatoms. The highest BCUT2D eigenvalue weighted by molar-refractivity contribution is 8.16. The van der Waals surface area contributed by atoms with Gasteiger partial charge in [0.15, 0.2) is 11.0 Å². The molecule has 2 aliphatic heterocycles. The molecule has 0 aromatic heterocycles. The number of hydrogen-bond donors (Lipinski definition) is 1. The largest absolute Gasteiger partial charge is 0.346 e. The first-order valence-corrected chi connectivity index (χ1v) is 6.75. The van der Waals surface area contributed by atoms with Crippen molar-refractivity contribution in [3.8, 4) is 0 Å². The first-order chi connectivity index (χ1) is 9.09. The highest BCUT2D eigenvalue weighted by Gasteiger charge is 2.51. The second-order valence-electron chi connectivity index (χ2n) is 4.70. The predicted octanol–water partition coefficient (Wildman–Crippen LogP) is 1.76. The van der Waals surface area contributed by atoms with Gasteiger partial charge in [-0.25, -0.2) is 0 Å². The Morgan fingerprint density at radius 1 is 1.21 bits per heavy atom. The minimum Gasteiger partial charge on any atom is -0.346 e. The molecule has 0 atom stereocenters. The number of ether oxygens (including phenoxy) is 2. The summed E-state index contributed by atoms with van der Waals surface area (Å²) in [5, 5.41) is 1.92. The van der Waals surface area contributed by atoms with Gasteiger partial charge >= 0.3 is 0 Å². The van der Waals surface area contributed by atoms with Crippen LogP contribution in [0.5, 0.6) is 0 Å². The Balaban J connectivity index is 1.71. The molecule has 2 saturated heterocycles. The fourth-order valence-corrected chi connectivity index (χ4v) is 2.97. The van der Waals surface area contributed by atoms with Crippen LogP contribution in [0.3, 0.4) is 0 Å². The van der Waals surface area contributed by atoms with Crippen LogP contribution < -0.4 is 5.32 Å². The molecule has 2 heterocycles. The summed E-state index contributed by atoms with van der Waals surface area (Å²) < 4.78 is 10.3. The van der Waals surface area contributed by atoms with Crippen molar-refractivity contribution in [3.63, 3.8) is 0 Å². The lowest BCUT2D eigenvalue weighted by atomic mass is 10.1. The molecule has 19 heavy (non-hydrogen) atoms. The quantitative estimate of drug-likeness (QED) is 0.848. The number of thioether (sulfide) groups is 1. The average molecular weight is 279 g/mol. The van der Waals surface area contributed by atoms with Crippen LogP contribution in [-0.4, -0.2) is 29.1 Å². The van der Waals surface area contributed by atoms with E-state index >= 15 is 0 Å². The zero-order valence-electron chi connectivity index (χ0n) is 10.3. The molecule has 0 saturated carbocycles. The third kappa shape index (κ3) is 2.27. The summed E-state index contributed by atoms with van der Waals surface area (Å²) in [5.74, 6) is -0.329. The molecular formula is C13H13NO4S. The molecule has 3 rings (SSSR count). The summed E-state index contributed by atoms with van der Waals surface area (Å²) in [6, 6.07) is 7.83. The van der Waals surface area contributed by atoms with Gasteiger partial charge in [0.05, 0.1) is 13.2 Å². The zero-order valence-corrected chi connectivity index (χ0v) is 11.2. The van der Waals surface area contributed by atoms with Gasteiger partial charge in [-0.3, -0.25) is 14.9 Å². The van der Waals surface area contributed by atoms with Crippen LogP contribution in [0.15, 0.2) is 24.3 Å². The zero-order chi connectivity index (χ0) is 13.5. The second-order valence-corrected chi connectivity index (χ2v) is 6.06. The molecule has 1 aromatic rings. The Morgan fingerprint density at radius 3 is 2.37 bits per heavy atom. The molecular weight excluding hydrogens is 266 g/mol. The van der Waals surface area contributed by atoms with Gasteiger partial charge in [0, 0.05) is 5.56 Å². The SMILES string of the molecule is Cc1ccc(C2OCC3(CO2)SC(=O)NC3=O)cc1. The number of rotatable bonds is 1. The molecule has 2 fully saturated rings. The van der Waals surface area contributed by atoms with Gasteiger partial charge in [-0.15, -0.1) is 0 Å². The van der Waals surface area contributed by atoms with Crippen molar-refractivity contribution in [1.82, 2.24) is 5.32 Å². The molecule has 1 aromatic carbocycles. The predicted molar refractivity (Wildman–Crippen MR) is 69.7 cm³/mol. The van der Waals surface area contributed by atoms with Gasteiger partial charge in [0.2, 0.25) is 5.91 Å². The van der Waals surface area contributed by atoms with E-state index in [0.29, 0.717) is 0 Å². The number of amides is 2. The van der Waals surface area contributed by atoms with Crippen LogP contribution >= 0.6 is 11.8 Å². The fraction of sp³-hybridized carbons (Fsp3) is 0.385. The monoisotopic (exact) mass is 279 g/mol. The molecule has 5 nitrogen and oxygen atoms in total. The van der Waals surface area contributed by atoms with Gasteiger partial charge in [0.1, 0.15) is 0 Å². The van der Waals surface area contributed by atoms with Gasteiger partial charge in [-0.05, 0) is 18.7 Å². The summed E-state index contributed by atoms with van der Waals surface area (Å²) in [4.78, 5) is 23.0. The van der Waals surface area contributed by atoms with Crippen LogP contribution in [0, 0.1) is 6.92 Å². The minimum absolute atomic E-state index is 0.174. The molecule has 0 aliphatic carbocycles. The van der Waals surface area contributed by atoms with E-state index < -0.39 is 11.0 Å². The topological polar surface area (TPSA) is 64.6 Å². The highest BCUT2D eigenvalue weighted by atomic mass is 32.2. The van der Waals surface area contributed by atoms with Gasteiger partial charge in [-0.2, -0.15) is 0 Å². The van der Waals surface area contributed by atoms with Crippen LogP contribution in [-0.2, 0) is 14.3 Å². The minimum atomic E-state index is -0.918. The summed E-state index contributed by atoms with van der Waals surface area (Å²) in [6.45, 7) is 2.36. The van der Waals surface area contributed by atoms with E-state index in [-0.39, 0.29) is 24.4 Å². The van der Waals surface area contributed by atoms with Crippen LogP contribution in [0.2, 0.25) is 0 Å². The van der Waals surface area contributed by atoms with Gasteiger partial charge < -0.3 is 9.47 Å². The first kappa shape index (κ1) is 12.7. The van der Waals surface area contributed by atoms with Gasteiger partial charge in [-0.1, -0.05) is 29.8 Å². The lowest BCUT2D eigenvalue weighted by Crippen LogP contribution is -2.48. The summed E-state index contributed by atoms with van der Waals surface area (Å²) in [6.07, 6.45) is -0.477. The van der Waals surface area contributed by atoms with E-state index in [4.69, 9.17) is 9.47 Å². The standard InChI is InChI=1S/C13H13NO4S/c1-8-2-4-9(5-3-8)10-17-6-13(7-18-10)11(15)14-12(16)19-13/h2-5,10H,6-7H2,1H3,(H,14,15,16). The van der Waals surface area contributed by atoms with E-state index in [1.807, 2.05) is 31.2 Å². The van der Waals surface area contributed by atoms with Crippen LogP contribution in [0.25, 0.3) is 0 Å². The number of nitrogens with one attached hydrogen (secondary N) is 1. The van der Waals surface area contributed by atoms with Crippen molar-refractivity contribution in [3.05, 3.63) is 35.4 Å². The molecule has 0 radical (unpaired) electrons. The number of benzene rings is 1. The van der Waals surface area contributed by atoms with Crippen molar-refractivity contribution >= 4 is 22.9 Å². The van der Waals surface area contributed by atoms with E-state index in [0.717, 1.165) is 22.9 Å². The highest BCUT2D eigenvalue weighted by Crippen LogP contribution is 2.38. The maximum absolute atomic E-state index is 11.7. The number of carbonyl (C=O) groups is 2. The summed E-state index contributed by atoms with van der Waals surface area (Å²) in [5.41, 5.74) is 2.07. The number of imide groups is 1. The maximum Gasteiger partial charge on any atom is 0.286 e. The lowest BCUT2D eigenvalue weighted by molar-refractivity contribution is -0.197. The van der Waals surface area contributed by atoms with E-state index in [2.05, 4.69) is 5.32 Å².